The molecule has 1 amide bonds. The van der Waals surface area contributed by atoms with Gasteiger partial charge in [-0.05, 0) is 61.1 Å². The largest absolute Gasteiger partial charge is 0.494 e. The van der Waals surface area contributed by atoms with E-state index < -0.39 is 20.5 Å². The highest BCUT2D eigenvalue weighted by Crippen LogP contribution is 2.35. The molecule has 1 saturated heterocycles. The van der Waals surface area contributed by atoms with Crippen LogP contribution < -0.4 is 10.2 Å². The zero-order chi connectivity index (χ0) is 27.0. The number of unbranched alkanes of at least 4 members (excludes halogenated alkanes) is 1. The van der Waals surface area contributed by atoms with Gasteiger partial charge in [0.25, 0.3) is 5.91 Å². The van der Waals surface area contributed by atoms with Gasteiger partial charge in [-0.25, -0.2) is 13.9 Å². The van der Waals surface area contributed by atoms with Gasteiger partial charge in [-0.15, -0.1) is 0 Å². The second kappa shape index (κ2) is 12.3. The molecule has 0 radical (unpaired) electrons. The van der Waals surface area contributed by atoms with Gasteiger partial charge in [0, 0.05) is 25.2 Å². The molecule has 0 aromatic heterocycles. The summed E-state index contributed by atoms with van der Waals surface area (Å²) in [4.78, 5) is 24.9. The number of amides is 1. The number of carbonyl (C=O) groups excluding carboxylic acids is 2. The van der Waals surface area contributed by atoms with E-state index in [0.717, 1.165) is 11.1 Å². The summed E-state index contributed by atoms with van der Waals surface area (Å²) in [7, 11) is -4.08. The molecule has 0 spiro atoms. The lowest BCUT2D eigenvalue weighted by Gasteiger charge is -2.34. The first kappa shape index (κ1) is 27.5. The second-order valence-electron chi connectivity index (χ2n) is 9.19. The Morgan fingerprint density at radius 1 is 0.868 bits per heavy atom. The van der Waals surface area contributed by atoms with Gasteiger partial charge < -0.3 is 9.47 Å². The van der Waals surface area contributed by atoms with Gasteiger partial charge >= 0.3 is 0 Å². The van der Waals surface area contributed by atoms with Crippen molar-refractivity contribution in [1.82, 2.24) is 5.48 Å². The van der Waals surface area contributed by atoms with Crippen LogP contribution in [0, 0.1) is 0 Å². The third-order valence-corrected chi connectivity index (χ3v) is 9.36. The number of carbonyl (C=O) groups is 2. The van der Waals surface area contributed by atoms with Crippen molar-refractivity contribution in [1.29, 1.82) is 0 Å². The van der Waals surface area contributed by atoms with E-state index in [1.807, 2.05) is 54.6 Å². The number of ketones is 1. The van der Waals surface area contributed by atoms with Crippen molar-refractivity contribution < 1.29 is 32.7 Å². The number of hydroxylamine groups is 1. The molecule has 0 saturated carbocycles. The smallest absolute Gasteiger partial charge is 0.265 e. The van der Waals surface area contributed by atoms with Crippen LogP contribution >= 0.6 is 0 Å². The van der Waals surface area contributed by atoms with Crippen LogP contribution in [0.3, 0.4) is 0 Å². The molecule has 1 heterocycles. The summed E-state index contributed by atoms with van der Waals surface area (Å²) in [6, 6.07) is 23.5. The molecule has 3 aromatic carbocycles. The summed E-state index contributed by atoms with van der Waals surface area (Å²) in [5.74, 6) is -0.393. The number of ether oxygens (including phenoxy) is 2. The molecule has 4 rings (SSSR count). The molecule has 1 aliphatic rings. The maximum absolute atomic E-state index is 13.3. The minimum atomic E-state index is -4.08. The Balaban J connectivity index is 1.26. The Morgan fingerprint density at radius 2 is 1.50 bits per heavy atom. The van der Waals surface area contributed by atoms with Gasteiger partial charge in [-0.1, -0.05) is 54.6 Å². The quantitative estimate of drug-likeness (QED) is 0.159. The molecular weight excluding hydrogens is 506 g/mol. The van der Waals surface area contributed by atoms with Crippen LogP contribution in [0.4, 0.5) is 0 Å². The third kappa shape index (κ3) is 5.96. The van der Waals surface area contributed by atoms with E-state index in [9.17, 15) is 18.0 Å². The standard InChI is InChI=1S/C29H31NO7S/c31-27(24-11-9-23(10-12-24)22-6-2-1-3-7-22)8-4-5-19-37-25-13-15-26(16-14-25)38(34,35)29(28(32)30-33)17-20-36-21-18-29/h1-3,6-7,9-16,33H,4-5,8,17-21H2,(H,30,32). The predicted molar refractivity (Wildman–Crippen MR) is 142 cm³/mol. The number of sulfone groups is 1. The minimum Gasteiger partial charge on any atom is -0.494 e. The normalized spacial score (nSPS) is 15.0. The van der Waals surface area contributed by atoms with Crippen LogP contribution in [-0.2, 0) is 19.4 Å². The van der Waals surface area contributed by atoms with Gasteiger partial charge in [-0.3, -0.25) is 14.8 Å². The fourth-order valence-electron chi connectivity index (χ4n) is 4.56. The molecule has 1 fully saturated rings. The zero-order valence-corrected chi connectivity index (χ0v) is 21.8. The molecule has 3 aromatic rings. The summed E-state index contributed by atoms with van der Waals surface area (Å²) in [6.45, 7) is 0.588. The SMILES string of the molecule is O=C(CCCCOc1ccc(S(=O)(=O)C2(C(=O)NO)CCOCC2)cc1)c1ccc(-c2ccccc2)cc1. The van der Waals surface area contributed by atoms with Crippen molar-refractivity contribution in [3.63, 3.8) is 0 Å². The van der Waals surface area contributed by atoms with E-state index in [2.05, 4.69) is 0 Å². The summed E-state index contributed by atoms with van der Waals surface area (Å²) >= 11 is 0. The molecule has 0 bridgehead atoms. The predicted octanol–water partition coefficient (Wildman–Crippen LogP) is 4.61. The fourth-order valence-corrected chi connectivity index (χ4v) is 6.50. The Bertz CT molecular complexity index is 1330. The van der Waals surface area contributed by atoms with Crippen LogP contribution in [0.5, 0.6) is 5.75 Å². The van der Waals surface area contributed by atoms with E-state index >= 15 is 0 Å². The lowest BCUT2D eigenvalue weighted by molar-refractivity contribution is -0.134. The molecular formula is C29H31NO7S. The maximum atomic E-state index is 13.3. The van der Waals surface area contributed by atoms with Crippen LogP contribution in [0.25, 0.3) is 11.1 Å². The lowest BCUT2D eigenvalue weighted by atomic mass is 9.98. The zero-order valence-electron chi connectivity index (χ0n) is 21.0. The summed E-state index contributed by atoms with van der Waals surface area (Å²) in [5.41, 5.74) is 4.36. The van der Waals surface area contributed by atoms with Gasteiger partial charge in [0.05, 0.1) is 11.5 Å². The summed E-state index contributed by atoms with van der Waals surface area (Å²) in [6.07, 6.45) is 1.63. The van der Waals surface area contributed by atoms with E-state index in [-0.39, 0.29) is 36.7 Å². The fraction of sp³-hybridized carbons (Fsp3) is 0.310. The minimum absolute atomic E-state index is 0.0285. The monoisotopic (exact) mass is 537 g/mol. The topological polar surface area (TPSA) is 119 Å². The Hall–Kier alpha value is -3.53. The molecule has 200 valence electrons. The highest BCUT2D eigenvalue weighted by atomic mass is 32.2. The van der Waals surface area contributed by atoms with Crippen LogP contribution in [0.2, 0.25) is 0 Å². The highest BCUT2D eigenvalue weighted by molar-refractivity contribution is 7.93. The first-order valence-corrected chi connectivity index (χ1v) is 14.0. The van der Waals surface area contributed by atoms with Crippen LogP contribution in [0.1, 0.15) is 42.5 Å². The number of hydrogen-bond acceptors (Lipinski definition) is 7. The van der Waals surface area contributed by atoms with Gasteiger partial charge in [0.2, 0.25) is 0 Å². The van der Waals surface area contributed by atoms with Crippen molar-refractivity contribution in [2.24, 2.45) is 0 Å². The van der Waals surface area contributed by atoms with E-state index in [1.165, 1.54) is 29.7 Å². The molecule has 8 nitrogen and oxygen atoms in total. The molecule has 0 atom stereocenters. The summed E-state index contributed by atoms with van der Waals surface area (Å²) < 4.78 is 35.7. The number of nitrogens with one attached hydrogen (secondary N) is 1. The maximum Gasteiger partial charge on any atom is 0.265 e. The number of hydrogen-bond donors (Lipinski definition) is 2. The lowest BCUT2D eigenvalue weighted by Crippen LogP contribution is -2.54. The van der Waals surface area contributed by atoms with Gasteiger partial charge in [-0.2, -0.15) is 0 Å². The molecule has 1 aliphatic heterocycles. The third-order valence-electron chi connectivity index (χ3n) is 6.85. The highest BCUT2D eigenvalue weighted by Gasteiger charge is 2.52. The first-order chi connectivity index (χ1) is 18.4. The van der Waals surface area contributed by atoms with Crippen molar-refractivity contribution >= 4 is 21.5 Å². The molecule has 2 N–H and O–H groups in total. The first-order valence-electron chi connectivity index (χ1n) is 12.6. The second-order valence-corrected chi connectivity index (χ2v) is 11.5. The molecule has 0 aliphatic carbocycles. The number of rotatable bonds is 11. The Kier molecular flexibility index (Phi) is 8.93. The molecule has 0 unspecified atom stereocenters. The van der Waals surface area contributed by atoms with Crippen LogP contribution in [-0.4, -0.2) is 49.9 Å². The average Bonchev–Trinajstić information content (AvgIpc) is 2.97. The Morgan fingerprint density at radius 3 is 2.13 bits per heavy atom. The van der Waals surface area contributed by atoms with Crippen molar-refractivity contribution in [2.75, 3.05) is 19.8 Å². The number of benzene rings is 3. The Labute approximate surface area is 222 Å². The van der Waals surface area contributed by atoms with Gasteiger partial charge in [0.1, 0.15) is 5.75 Å². The average molecular weight is 538 g/mol. The molecule has 9 heteroatoms. The van der Waals surface area contributed by atoms with E-state index in [1.54, 1.807) is 0 Å². The van der Waals surface area contributed by atoms with Gasteiger partial charge in [0.15, 0.2) is 20.4 Å². The van der Waals surface area contributed by atoms with Crippen LogP contribution in [0.15, 0.2) is 83.8 Å². The van der Waals surface area contributed by atoms with E-state index in [4.69, 9.17) is 14.7 Å². The number of Topliss-reactive ketones (excluding diaryl/α,β-unsaturated/α-hetero) is 1. The summed E-state index contributed by atoms with van der Waals surface area (Å²) in [5, 5.41) is 9.15. The van der Waals surface area contributed by atoms with Crippen molar-refractivity contribution in [2.45, 2.75) is 41.7 Å². The van der Waals surface area contributed by atoms with Crippen molar-refractivity contribution in [3.8, 4) is 16.9 Å². The van der Waals surface area contributed by atoms with E-state index in [0.29, 0.717) is 37.2 Å². The molecule has 38 heavy (non-hydrogen) atoms. The van der Waals surface area contributed by atoms with Crippen molar-refractivity contribution in [3.05, 3.63) is 84.4 Å².